The summed E-state index contributed by atoms with van der Waals surface area (Å²) in [5.41, 5.74) is 1.18. The van der Waals surface area contributed by atoms with Crippen LogP contribution < -0.4 is 10.2 Å². The van der Waals surface area contributed by atoms with E-state index in [1.165, 1.54) is 28.5 Å². The maximum atomic E-state index is 5.27. The summed E-state index contributed by atoms with van der Waals surface area (Å²) in [6, 6.07) is 0.401. The van der Waals surface area contributed by atoms with Crippen LogP contribution in [0.2, 0.25) is 0 Å². The van der Waals surface area contributed by atoms with E-state index in [0.717, 1.165) is 26.2 Å². The normalized spacial score (nSPS) is 20.6. The van der Waals surface area contributed by atoms with E-state index in [-0.39, 0.29) is 0 Å². The van der Waals surface area contributed by atoms with Gasteiger partial charge in [0.25, 0.3) is 0 Å². The van der Waals surface area contributed by atoms with E-state index in [2.05, 4.69) is 31.0 Å². The molecule has 1 aliphatic rings. The number of anilines is 1. The fourth-order valence-electron chi connectivity index (χ4n) is 2.76. The van der Waals surface area contributed by atoms with Gasteiger partial charge >= 0.3 is 0 Å². The Balaban J connectivity index is 2.00. The van der Waals surface area contributed by atoms with Crippen molar-refractivity contribution in [2.75, 3.05) is 38.3 Å². The Bertz CT molecular complexity index is 421. The summed E-state index contributed by atoms with van der Waals surface area (Å²) in [4.78, 5) is 8.57. The molecule has 5 heteroatoms. The molecule has 4 nitrogen and oxygen atoms in total. The number of hydrogen-bond donors (Lipinski definition) is 1. The minimum Gasteiger partial charge on any atom is -0.384 e. The van der Waals surface area contributed by atoms with Gasteiger partial charge in [-0.05, 0) is 33.2 Å². The summed E-state index contributed by atoms with van der Waals surface area (Å²) in [6.07, 6.45) is 2.38. The van der Waals surface area contributed by atoms with Crippen LogP contribution in [0.5, 0.6) is 0 Å². The minimum atomic E-state index is 0.401. The van der Waals surface area contributed by atoms with Gasteiger partial charge in [0, 0.05) is 37.0 Å². The Morgan fingerprint density at radius 1 is 1.55 bits per heavy atom. The fourth-order valence-corrected chi connectivity index (χ4v) is 3.89. The Hall–Kier alpha value is -0.650. The molecule has 2 atom stereocenters. The molecule has 1 aromatic rings. The van der Waals surface area contributed by atoms with Gasteiger partial charge in [0.2, 0.25) is 0 Å². The standard InChI is InChI=1S/C15H27N3OS/c1-5-7-16-11(2)14-12(3)17-15(20-14)18-8-6-13(9-18)10-19-4/h11,13,16H,5-10H2,1-4H3. The molecule has 0 bridgehead atoms. The molecule has 0 spiro atoms. The maximum absolute atomic E-state index is 5.27. The first-order valence-corrected chi connectivity index (χ1v) is 8.42. The molecule has 114 valence electrons. The predicted octanol–water partition coefficient (Wildman–Crippen LogP) is 2.98. The average Bonchev–Trinajstić information content (AvgIpc) is 3.03. The van der Waals surface area contributed by atoms with Crippen molar-refractivity contribution in [3.05, 3.63) is 10.6 Å². The molecule has 2 heterocycles. The van der Waals surface area contributed by atoms with E-state index in [1.54, 1.807) is 7.11 Å². The SMILES string of the molecule is CCCNC(C)c1sc(N2CCC(COC)C2)nc1C. The Labute approximate surface area is 126 Å². The van der Waals surface area contributed by atoms with E-state index in [1.807, 2.05) is 11.3 Å². The summed E-state index contributed by atoms with van der Waals surface area (Å²) < 4.78 is 5.27. The number of rotatable bonds is 7. The number of nitrogens with zero attached hydrogens (tertiary/aromatic N) is 2. The molecule has 1 saturated heterocycles. The number of methoxy groups -OCH3 is 1. The first-order valence-electron chi connectivity index (χ1n) is 7.60. The van der Waals surface area contributed by atoms with Gasteiger partial charge in [-0.2, -0.15) is 0 Å². The van der Waals surface area contributed by atoms with E-state index >= 15 is 0 Å². The number of hydrogen-bond acceptors (Lipinski definition) is 5. The quantitative estimate of drug-likeness (QED) is 0.839. The predicted molar refractivity (Wildman–Crippen MR) is 85.8 cm³/mol. The van der Waals surface area contributed by atoms with Crippen molar-refractivity contribution in [1.82, 2.24) is 10.3 Å². The molecule has 2 unspecified atom stereocenters. The third kappa shape index (κ3) is 3.71. The molecule has 1 fully saturated rings. The van der Waals surface area contributed by atoms with Crippen molar-refractivity contribution >= 4 is 16.5 Å². The van der Waals surface area contributed by atoms with Gasteiger partial charge in [-0.25, -0.2) is 4.98 Å². The van der Waals surface area contributed by atoms with Gasteiger partial charge in [-0.1, -0.05) is 6.92 Å². The number of aryl methyl sites for hydroxylation is 1. The number of ether oxygens (including phenoxy) is 1. The van der Waals surface area contributed by atoms with Crippen molar-refractivity contribution in [1.29, 1.82) is 0 Å². The summed E-state index contributed by atoms with van der Waals surface area (Å²) in [5.74, 6) is 0.656. The second-order valence-corrected chi connectivity index (χ2v) is 6.69. The average molecular weight is 297 g/mol. The van der Waals surface area contributed by atoms with Crippen molar-refractivity contribution in [2.24, 2.45) is 5.92 Å². The molecule has 0 aromatic carbocycles. The Morgan fingerprint density at radius 3 is 3.05 bits per heavy atom. The van der Waals surface area contributed by atoms with Crippen LogP contribution in [-0.2, 0) is 4.74 Å². The van der Waals surface area contributed by atoms with E-state index in [4.69, 9.17) is 9.72 Å². The third-order valence-electron chi connectivity index (χ3n) is 3.87. The zero-order valence-electron chi connectivity index (χ0n) is 13.1. The second-order valence-electron chi connectivity index (χ2n) is 5.68. The van der Waals surface area contributed by atoms with Crippen molar-refractivity contribution < 1.29 is 4.74 Å². The van der Waals surface area contributed by atoms with Gasteiger partial charge in [-0.15, -0.1) is 11.3 Å². The molecule has 0 radical (unpaired) electrons. The number of aromatic nitrogens is 1. The summed E-state index contributed by atoms with van der Waals surface area (Å²) >= 11 is 1.85. The highest BCUT2D eigenvalue weighted by Crippen LogP contribution is 2.33. The summed E-state index contributed by atoms with van der Waals surface area (Å²) in [7, 11) is 1.79. The highest BCUT2D eigenvalue weighted by atomic mass is 32.1. The Morgan fingerprint density at radius 2 is 2.35 bits per heavy atom. The summed E-state index contributed by atoms with van der Waals surface area (Å²) in [6.45, 7) is 10.7. The van der Waals surface area contributed by atoms with Gasteiger partial charge < -0.3 is 15.0 Å². The lowest BCUT2D eigenvalue weighted by atomic mass is 10.1. The van der Waals surface area contributed by atoms with Crippen molar-refractivity contribution in [3.63, 3.8) is 0 Å². The largest absolute Gasteiger partial charge is 0.384 e. The van der Waals surface area contributed by atoms with Crippen LogP contribution in [0.3, 0.4) is 0 Å². The lowest BCUT2D eigenvalue weighted by Gasteiger charge is -2.15. The summed E-state index contributed by atoms with van der Waals surface area (Å²) in [5, 5.41) is 4.74. The Kier molecular flexibility index (Phi) is 5.81. The topological polar surface area (TPSA) is 37.4 Å². The molecule has 1 aliphatic heterocycles. The lowest BCUT2D eigenvalue weighted by Crippen LogP contribution is -2.20. The van der Waals surface area contributed by atoms with Crippen molar-refractivity contribution in [3.8, 4) is 0 Å². The third-order valence-corrected chi connectivity index (χ3v) is 5.27. The van der Waals surface area contributed by atoms with Crippen LogP contribution in [-0.4, -0.2) is 38.3 Å². The molecule has 0 saturated carbocycles. The number of thiazole rings is 1. The van der Waals surface area contributed by atoms with Crippen LogP contribution in [0, 0.1) is 12.8 Å². The molecule has 1 N–H and O–H groups in total. The van der Waals surface area contributed by atoms with Gasteiger partial charge in [0.15, 0.2) is 5.13 Å². The zero-order valence-corrected chi connectivity index (χ0v) is 13.9. The molecule has 0 amide bonds. The zero-order chi connectivity index (χ0) is 14.5. The minimum absolute atomic E-state index is 0.401. The van der Waals surface area contributed by atoms with E-state index in [9.17, 15) is 0 Å². The maximum Gasteiger partial charge on any atom is 0.185 e. The second kappa shape index (κ2) is 7.38. The van der Waals surface area contributed by atoms with Crippen molar-refractivity contribution in [2.45, 2.75) is 39.7 Å². The molecule has 1 aromatic heterocycles. The molecular formula is C15H27N3OS. The lowest BCUT2D eigenvalue weighted by molar-refractivity contribution is 0.161. The van der Waals surface area contributed by atoms with Gasteiger partial charge in [0.05, 0.1) is 12.3 Å². The first kappa shape index (κ1) is 15.7. The first-order chi connectivity index (χ1) is 9.65. The van der Waals surface area contributed by atoms with Crippen LogP contribution in [0.1, 0.15) is 43.3 Å². The molecule has 0 aliphatic carbocycles. The van der Waals surface area contributed by atoms with E-state index < -0.39 is 0 Å². The monoisotopic (exact) mass is 297 g/mol. The fraction of sp³-hybridized carbons (Fsp3) is 0.800. The van der Waals surface area contributed by atoms with Gasteiger partial charge in [0.1, 0.15) is 0 Å². The number of nitrogens with one attached hydrogen (secondary N) is 1. The molecule has 20 heavy (non-hydrogen) atoms. The van der Waals surface area contributed by atoms with Crippen LogP contribution >= 0.6 is 11.3 Å². The smallest absolute Gasteiger partial charge is 0.185 e. The van der Waals surface area contributed by atoms with Crippen LogP contribution in [0.15, 0.2) is 0 Å². The van der Waals surface area contributed by atoms with Crippen LogP contribution in [0.25, 0.3) is 0 Å². The van der Waals surface area contributed by atoms with Crippen LogP contribution in [0.4, 0.5) is 5.13 Å². The molecule has 2 rings (SSSR count). The highest BCUT2D eigenvalue weighted by molar-refractivity contribution is 7.15. The highest BCUT2D eigenvalue weighted by Gasteiger charge is 2.25. The van der Waals surface area contributed by atoms with E-state index in [0.29, 0.717) is 12.0 Å². The molecular weight excluding hydrogens is 270 g/mol. The van der Waals surface area contributed by atoms with Gasteiger partial charge in [-0.3, -0.25) is 0 Å².